The van der Waals surface area contributed by atoms with Crippen molar-refractivity contribution in [2.24, 2.45) is 0 Å². The van der Waals surface area contributed by atoms with Crippen molar-refractivity contribution < 1.29 is 22.4 Å². The third-order valence-corrected chi connectivity index (χ3v) is 7.19. The Morgan fingerprint density at radius 1 is 1.00 bits per heavy atom. The van der Waals surface area contributed by atoms with Gasteiger partial charge in [-0.3, -0.25) is 4.90 Å². The molecule has 0 saturated carbocycles. The standard InChI is InChI=1S/C15H24N4O5S/c20-25(21,18-4-2-15(3-5-18)22-11-12-23-15)19-8-6-17(7-9-19)13-14-1-10-24-16-14/h1,10H,2-9,11-13H2. The number of piperidine rings is 1. The van der Waals surface area contributed by atoms with E-state index >= 15 is 0 Å². The van der Waals surface area contributed by atoms with Gasteiger partial charge in [0, 0.05) is 64.7 Å². The van der Waals surface area contributed by atoms with Gasteiger partial charge < -0.3 is 14.0 Å². The van der Waals surface area contributed by atoms with E-state index in [1.54, 1.807) is 14.9 Å². The number of nitrogens with zero attached hydrogens (tertiary/aromatic N) is 4. The smallest absolute Gasteiger partial charge is 0.282 e. The number of hydrogen-bond donors (Lipinski definition) is 0. The Bertz CT molecular complexity index is 656. The van der Waals surface area contributed by atoms with Crippen molar-refractivity contribution in [1.29, 1.82) is 0 Å². The Morgan fingerprint density at radius 3 is 2.24 bits per heavy atom. The van der Waals surface area contributed by atoms with Crippen molar-refractivity contribution in [3.63, 3.8) is 0 Å². The van der Waals surface area contributed by atoms with Gasteiger partial charge in [0.25, 0.3) is 10.2 Å². The SMILES string of the molecule is O=S(=O)(N1CCN(Cc2ccon2)CC1)N1CCC2(CC1)OCCO2. The summed E-state index contributed by atoms with van der Waals surface area (Å²) in [5, 5.41) is 3.91. The first-order valence-corrected chi connectivity index (χ1v) is 10.1. The number of aromatic nitrogens is 1. The lowest BCUT2D eigenvalue weighted by Gasteiger charge is -2.40. The maximum Gasteiger partial charge on any atom is 0.282 e. The van der Waals surface area contributed by atoms with Crippen molar-refractivity contribution in [3.05, 3.63) is 18.0 Å². The first kappa shape index (κ1) is 17.4. The Balaban J connectivity index is 1.31. The summed E-state index contributed by atoms with van der Waals surface area (Å²) in [6, 6.07) is 1.83. The molecule has 0 amide bonds. The quantitative estimate of drug-likeness (QED) is 0.728. The molecular formula is C15H24N4O5S. The molecule has 0 atom stereocenters. The van der Waals surface area contributed by atoms with Crippen LogP contribution in [0.25, 0.3) is 0 Å². The Labute approximate surface area is 147 Å². The average Bonchev–Trinajstić information content (AvgIpc) is 3.28. The monoisotopic (exact) mass is 372 g/mol. The van der Waals surface area contributed by atoms with Crippen LogP contribution in [0.3, 0.4) is 0 Å². The van der Waals surface area contributed by atoms with Gasteiger partial charge in [-0.15, -0.1) is 0 Å². The normalized spacial score (nSPS) is 26.4. The van der Waals surface area contributed by atoms with Crippen LogP contribution in [0.15, 0.2) is 16.9 Å². The van der Waals surface area contributed by atoms with Crippen LogP contribution in [-0.4, -0.2) is 85.4 Å². The second kappa shape index (κ2) is 6.93. The highest BCUT2D eigenvalue weighted by Gasteiger charge is 2.43. The lowest BCUT2D eigenvalue weighted by molar-refractivity contribution is -0.179. The highest BCUT2D eigenvalue weighted by atomic mass is 32.2. The Kier molecular flexibility index (Phi) is 4.82. The van der Waals surface area contributed by atoms with Gasteiger partial charge in [-0.2, -0.15) is 17.0 Å². The van der Waals surface area contributed by atoms with Crippen LogP contribution >= 0.6 is 0 Å². The molecule has 0 aliphatic carbocycles. The Hall–Kier alpha value is -1.04. The van der Waals surface area contributed by atoms with Gasteiger partial charge in [-0.1, -0.05) is 5.16 Å². The molecule has 0 radical (unpaired) electrons. The van der Waals surface area contributed by atoms with E-state index in [0.717, 1.165) is 5.69 Å². The van der Waals surface area contributed by atoms with Crippen molar-refractivity contribution in [3.8, 4) is 0 Å². The van der Waals surface area contributed by atoms with Crippen LogP contribution in [0.5, 0.6) is 0 Å². The molecule has 1 aromatic rings. The number of ether oxygens (including phenoxy) is 2. The van der Waals surface area contributed by atoms with Crippen LogP contribution in [0.2, 0.25) is 0 Å². The number of hydrogen-bond acceptors (Lipinski definition) is 7. The second-order valence-electron chi connectivity index (χ2n) is 6.68. The van der Waals surface area contributed by atoms with Crippen molar-refractivity contribution in [1.82, 2.24) is 18.7 Å². The summed E-state index contributed by atoms with van der Waals surface area (Å²) in [6.45, 7) is 5.14. The summed E-state index contributed by atoms with van der Waals surface area (Å²) in [4.78, 5) is 2.19. The predicted octanol–water partition coefficient (Wildman–Crippen LogP) is -0.124. The van der Waals surface area contributed by atoms with Crippen LogP contribution in [0.1, 0.15) is 18.5 Å². The molecule has 10 heteroatoms. The molecule has 3 saturated heterocycles. The molecule has 4 heterocycles. The van der Waals surface area contributed by atoms with Gasteiger partial charge in [0.1, 0.15) is 6.26 Å². The zero-order valence-electron chi connectivity index (χ0n) is 14.2. The van der Waals surface area contributed by atoms with E-state index in [2.05, 4.69) is 10.1 Å². The first-order valence-electron chi connectivity index (χ1n) is 8.72. The van der Waals surface area contributed by atoms with Crippen LogP contribution in [0, 0.1) is 0 Å². The van der Waals surface area contributed by atoms with Gasteiger partial charge in [0.2, 0.25) is 0 Å². The highest BCUT2D eigenvalue weighted by molar-refractivity contribution is 7.86. The summed E-state index contributed by atoms with van der Waals surface area (Å²) >= 11 is 0. The molecular weight excluding hydrogens is 348 g/mol. The minimum Gasteiger partial charge on any atom is -0.364 e. The number of rotatable bonds is 4. The molecule has 0 aromatic carbocycles. The predicted molar refractivity (Wildman–Crippen MR) is 87.7 cm³/mol. The fraction of sp³-hybridized carbons (Fsp3) is 0.800. The molecule has 4 rings (SSSR count). The lowest BCUT2D eigenvalue weighted by Crippen LogP contribution is -2.55. The van der Waals surface area contributed by atoms with E-state index < -0.39 is 16.0 Å². The molecule has 1 spiro atoms. The van der Waals surface area contributed by atoms with Crippen molar-refractivity contribution >= 4 is 10.2 Å². The summed E-state index contributed by atoms with van der Waals surface area (Å²) < 4.78 is 45.1. The van der Waals surface area contributed by atoms with E-state index in [1.807, 2.05) is 6.07 Å². The molecule has 25 heavy (non-hydrogen) atoms. The Morgan fingerprint density at radius 2 is 1.64 bits per heavy atom. The minimum absolute atomic E-state index is 0.446. The minimum atomic E-state index is -3.42. The molecule has 0 unspecified atom stereocenters. The molecule has 1 aromatic heterocycles. The van der Waals surface area contributed by atoms with Gasteiger partial charge in [-0.05, 0) is 0 Å². The molecule has 3 aliphatic rings. The van der Waals surface area contributed by atoms with Crippen LogP contribution < -0.4 is 0 Å². The molecule has 3 fully saturated rings. The third-order valence-electron chi connectivity index (χ3n) is 5.16. The van der Waals surface area contributed by atoms with Gasteiger partial charge >= 0.3 is 0 Å². The van der Waals surface area contributed by atoms with E-state index in [0.29, 0.717) is 71.9 Å². The summed E-state index contributed by atoms with van der Waals surface area (Å²) in [5.41, 5.74) is 0.870. The second-order valence-corrected chi connectivity index (χ2v) is 8.61. The van der Waals surface area contributed by atoms with E-state index in [4.69, 9.17) is 14.0 Å². The van der Waals surface area contributed by atoms with E-state index in [-0.39, 0.29) is 0 Å². The summed E-state index contributed by atoms with van der Waals surface area (Å²) in [6.07, 6.45) is 2.74. The van der Waals surface area contributed by atoms with Gasteiger partial charge in [-0.25, -0.2) is 0 Å². The van der Waals surface area contributed by atoms with E-state index in [9.17, 15) is 8.42 Å². The zero-order chi connectivity index (χ0) is 17.3. The summed E-state index contributed by atoms with van der Waals surface area (Å²) in [5.74, 6) is -0.553. The zero-order valence-corrected chi connectivity index (χ0v) is 15.0. The molecule has 3 aliphatic heterocycles. The molecule has 9 nitrogen and oxygen atoms in total. The maximum absolute atomic E-state index is 12.9. The lowest BCUT2D eigenvalue weighted by atomic mass is 10.1. The fourth-order valence-electron chi connectivity index (χ4n) is 3.67. The first-order chi connectivity index (χ1) is 12.1. The fourth-order valence-corrected chi connectivity index (χ4v) is 5.27. The largest absolute Gasteiger partial charge is 0.364 e. The maximum atomic E-state index is 12.9. The average molecular weight is 372 g/mol. The van der Waals surface area contributed by atoms with Crippen LogP contribution in [-0.2, 0) is 26.2 Å². The van der Waals surface area contributed by atoms with Gasteiger partial charge in [0.15, 0.2) is 5.79 Å². The third kappa shape index (κ3) is 3.60. The summed E-state index contributed by atoms with van der Waals surface area (Å²) in [7, 11) is -3.42. The van der Waals surface area contributed by atoms with Crippen molar-refractivity contribution in [2.45, 2.75) is 25.2 Å². The van der Waals surface area contributed by atoms with Crippen LogP contribution in [0.4, 0.5) is 0 Å². The molecule has 140 valence electrons. The van der Waals surface area contributed by atoms with Crippen molar-refractivity contribution in [2.75, 3.05) is 52.5 Å². The number of piperazine rings is 1. The highest BCUT2D eigenvalue weighted by Crippen LogP contribution is 2.32. The van der Waals surface area contributed by atoms with Gasteiger partial charge in [0.05, 0.1) is 18.9 Å². The molecule has 0 bridgehead atoms. The van der Waals surface area contributed by atoms with E-state index in [1.165, 1.54) is 0 Å². The topological polar surface area (TPSA) is 88.4 Å². The molecule has 0 N–H and O–H groups in total.